The van der Waals surface area contributed by atoms with Gasteiger partial charge in [0.15, 0.2) is 0 Å². The number of hydrogen-bond donors (Lipinski definition) is 1. The number of nitrogens with one attached hydrogen (secondary N) is 1. The molecule has 1 atom stereocenters. The number of piperazine rings is 1. The van der Waals surface area contributed by atoms with Crippen LogP contribution in [-0.4, -0.2) is 50.6 Å². The van der Waals surface area contributed by atoms with Gasteiger partial charge in [0.2, 0.25) is 5.91 Å². The largest absolute Gasteiger partial charge is 0.310 e. The van der Waals surface area contributed by atoms with E-state index in [2.05, 4.69) is 37.4 Å². The molecular formula is C15H23N3O. The molecule has 1 amide bonds. The quantitative estimate of drug-likeness (QED) is 0.887. The minimum atomic E-state index is -0.107. The first-order chi connectivity index (χ1) is 8.97. The fourth-order valence-corrected chi connectivity index (χ4v) is 2.61. The standard InChI is InChI=1S/C15H23N3O/c1-11-7-12(2)9-13(8-11)18-6-5-16-14(15(18)19)10-17(3)4/h7-9,14,16H,5-6,10H2,1-4H3. The van der Waals surface area contributed by atoms with Crippen molar-refractivity contribution in [3.63, 3.8) is 0 Å². The van der Waals surface area contributed by atoms with Crippen molar-refractivity contribution in [2.45, 2.75) is 19.9 Å². The Morgan fingerprint density at radius 2 is 1.89 bits per heavy atom. The van der Waals surface area contributed by atoms with Gasteiger partial charge >= 0.3 is 0 Å². The normalized spacial score (nSPS) is 20.2. The first kappa shape index (κ1) is 14.0. The Balaban J connectivity index is 2.21. The highest BCUT2D eigenvalue weighted by molar-refractivity contribution is 5.98. The zero-order valence-electron chi connectivity index (χ0n) is 12.2. The second-order valence-electron chi connectivity index (χ2n) is 5.60. The molecule has 4 heteroatoms. The number of hydrogen-bond acceptors (Lipinski definition) is 3. The minimum Gasteiger partial charge on any atom is -0.310 e. The van der Waals surface area contributed by atoms with Crippen LogP contribution in [0.3, 0.4) is 0 Å². The van der Waals surface area contributed by atoms with Crippen LogP contribution in [0.25, 0.3) is 0 Å². The number of benzene rings is 1. The Morgan fingerprint density at radius 3 is 2.47 bits per heavy atom. The van der Waals surface area contributed by atoms with Gasteiger partial charge in [-0.15, -0.1) is 0 Å². The molecule has 1 aliphatic heterocycles. The van der Waals surface area contributed by atoms with Gasteiger partial charge in [0.05, 0.1) is 0 Å². The summed E-state index contributed by atoms with van der Waals surface area (Å²) in [5.41, 5.74) is 3.42. The first-order valence-electron chi connectivity index (χ1n) is 6.75. The lowest BCUT2D eigenvalue weighted by atomic mass is 10.1. The van der Waals surface area contributed by atoms with Gasteiger partial charge in [0.1, 0.15) is 6.04 Å². The van der Waals surface area contributed by atoms with Crippen LogP contribution >= 0.6 is 0 Å². The maximum Gasteiger partial charge on any atom is 0.245 e. The molecule has 1 unspecified atom stereocenters. The maximum atomic E-state index is 12.5. The second-order valence-corrected chi connectivity index (χ2v) is 5.60. The van der Waals surface area contributed by atoms with Crippen molar-refractivity contribution in [3.05, 3.63) is 29.3 Å². The van der Waals surface area contributed by atoms with E-state index in [-0.39, 0.29) is 11.9 Å². The number of amides is 1. The van der Waals surface area contributed by atoms with Crippen LogP contribution in [0.15, 0.2) is 18.2 Å². The van der Waals surface area contributed by atoms with Gasteiger partial charge in [-0.25, -0.2) is 0 Å². The predicted molar refractivity (Wildman–Crippen MR) is 78.6 cm³/mol. The van der Waals surface area contributed by atoms with E-state index in [0.717, 1.165) is 25.3 Å². The Morgan fingerprint density at radius 1 is 1.26 bits per heavy atom. The van der Waals surface area contributed by atoms with Gasteiger partial charge in [-0.05, 0) is 51.2 Å². The summed E-state index contributed by atoms with van der Waals surface area (Å²) in [6.07, 6.45) is 0. The summed E-state index contributed by atoms with van der Waals surface area (Å²) in [7, 11) is 3.98. The molecule has 1 heterocycles. The maximum absolute atomic E-state index is 12.5. The van der Waals surface area contributed by atoms with E-state index >= 15 is 0 Å². The Kier molecular flexibility index (Phi) is 4.22. The van der Waals surface area contributed by atoms with E-state index in [1.807, 2.05) is 23.9 Å². The number of anilines is 1. The number of likely N-dealkylation sites (N-methyl/N-ethyl adjacent to an activating group) is 1. The number of carbonyl (C=O) groups is 1. The van der Waals surface area contributed by atoms with Gasteiger partial charge in [-0.3, -0.25) is 4.79 Å². The van der Waals surface area contributed by atoms with E-state index in [9.17, 15) is 4.79 Å². The molecule has 1 fully saturated rings. The predicted octanol–water partition coefficient (Wildman–Crippen LogP) is 1.17. The Hall–Kier alpha value is -1.39. The molecule has 0 spiro atoms. The number of carbonyl (C=O) groups excluding carboxylic acids is 1. The summed E-state index contributed by atoms with van der Waals surface area (Å²) in [6.45, 7) is 6.46. The summed E-state index contributed by atoms with van der Waals surface area (Å²) in [5.74, 6) is 0.171. The molecule has 0 bridgehead atoms. The van der Waals surface area contributed by atoms with Gasteiger partial charge < -0.3 is 15.1 Å². The molecule has 1 aromatic rings. The van der Waals surface area contributed by atoms with Crippen LogP contribution in [0.4, 0.5) is 5.69 Å². The Labute approximate surface area is 115 Å². The molecule has 1 N–H and O–H groups in total. The van der Waals surface area contributed by atoms with Gasteiger partial charge in [0, 0.05) is 25.3 Å². The number of nitrogens with zero attached hydrogens (tertiary/aromatic N) is 2. The smallest absolute Gasteiger partial charge is 0.245 e. The van der Waals surface area contributed by atoms with Crippen LogP contribution in [0, 0.1) is 13.8 Å². The van der Waals surface area contributed by atoms with E-state index in [1.54, 1.807) is 0 Å². The Bertz CT molecular complexity index is 450. The second kappa shape index (κ2) is 5.72. The molecular weight excluding hydrogens is 238 g/mol. The van der Waals surface area contributed by atoms with E-state index < -0.39 is 0 Å². The fraction of sp³-hybridized carbons (Fsp3) is 0.533. The molecule has 19 heavy (non-hydrogen) atoms. The summed E-state index contributed by atoms with van der Waals surface area (Å²) < 4.78 is 0. The zero-order valence-corrected chi connectivity index (χ0v) is 12.2. The third-order valence-corrected chi connectivity index (χ3v) is 3.36. The van der Waals surface area contributed by atoms with Crippen LogP contribution < -0.4 is 10.2 Å². The van der Waals surface area contributed by atoms with Gasteiger partial charge in [0.25, 0.3) is 0 Å². The van der Waals surface area contributed by atoms with Crippen LogP contribution in [0.2, 0.25) is 0 Å². The van der Waals surface area contributed by atoms with Crippen molar-refractivity contribution in [1.29, 1.82) is 0 Å². The molecule has 0 radical (unpaired) electrons. The molecule has 104 valence electrons. The lowest BCUT2D eigenvalue weighted by Gasteiger charge is -2.34. The van der Waals surface area contributed by atoms with Crippen LogP contribution in [0.1, 0.15) is 11.1 Å². The van der Waals surface area contributed by atoms with E-state index in [0.29, 0.717) is 0 Å². The molecule has 0 saturated carbocycles. The zero-order chi connectivity index (χ0) is 14.0. The lowest BCUT2D eigenvalue weighted by molar-refractivity contribution is -0.121. The van der Waals surface area contributed by atoms with Crippen LogP contribution in [-0.2, 0) is 4.79 Å². The molecule has 0 aliphatic carbocycles. The molecule has 4 nitrogen and oxygen atoms in total. The van der Waals surface area contributed by atoms with E-state index in [1.165, 1.54) is 11.1 Å². The lowest BCUT2D eigenvalue weighted by Crippen LogP contribution is -2.58. The van der Waals surface area contributed by atoms with E-state index in [4.69, 9.17) is 0 Å². The van der Waals surface area contributed by atoms with Crippen molar-refractivity contribution >= 4 is 11.6 Å². The van der Waals surface area contributed by atoms with Crippen molar-refractivity contribution in [3.8, 4) is 0 Å². The number of rotatable bonds is 3. The monoisotopic (exact) mass is 261 g/mol. The third kappa shape index (κ3) is 3.33. The molecule has 1 aliphatic rings. The molecule has 1 saturated heterocycles. The minimum absolute atomic E-state index is 0.107. The highest BCUT2D eigenvalue weighted by Gasteiger charge is 2.29. The summed E-state index contributed by atoms with van der Waals surface area (Å²) in [4.78, 5) is 16.5. The fourth-order valence-electron chi connectivity index (χ4n) is 2.61. The summed E-state index contributed by atoms with van der Waals surface area (Å²) in [6, 6.07) is 6.20. The van der Waals surface area contributed by atoms with Crippen molar-refractivity contribution < 1.29 is 4.79 Å². The SMILES string of the molecule is Cc1cc(C)cc(N2CCNC(CN(C)C)C2=O)c1. The first-order valence-corrected chi connectivity index (χ1v) is 6.75. The average molecular weight is 261 g/mol. The van der Waals surface area contributed by atoms with Crippen LogP contribution in [0.5, 0.6) is 0 Å². The van der Waals surface area contributed by atoms with Gasteiger partial charge in [-0.2, -0.15) is 0 Å². The summed E-state index contributed by atoms with van der Waals surface area (Å²) >= 11 is 0. The molecule has 2 rings (SSSR count). The third-order valence-electron chi connectivity index (χ3n) is 3.36. The molecule has 1 aromatic carbocycles. The highest BCUT2D eigenvalue weighted by Crippen LogP contribution is 2.20. The topological polar surface area (TPSA) is 35.6 Å². The van der Waals surface area contributed by atoms with Crippen molar-refractivity contribution in [2.75, 3.05) is 38.6 Å². The average Bonchev–Trinajstić information content (AvgIpc) is 2.30. The summed E-state index contributed by atoms with van der Waals surface area (Å²) in [5, 5.41) is 3.30. The molecule has 0 aromatic heterocycles. The van der Waals surface area contributed by atoms with Gasteiger partial charge in [-0.1, -0.05) is 6.07 Å². The van der Waals surface area contributed by atoms with Crippen molar-refractivity contribution in [1.82, 2.24) is 10.2 Å². The number of aryl methyl sites for hydroxylation is 2. The highest BCUT2D eigenvalue weighted by atomic mass is 16.2. The van der Waals surface area contributed by atoms with Crippen molar-refractivity contribution in [2.24, 2.45) is 0 Å².